The van der Waals surface area contributed by atoms with E-state index in [-0.39, 0.29) is 6.10 Å². The molecule has 0 aromatic carbocycles. The second-order valence-corrected chi connectivity index (χ2v) is 8.12. The van der Waals surface area contributed by atoms with Gasteiger partial charge in [-0.15, -0.1) is 0 Å². The zero-order valence-electron chi connectivity index (χ0n) is 14.6. The summed E-state index contributed by atoms with van der Waals surface area (Å²) in [6, 6.07) is 0.730. The van der Waals surface area contributed by atoms with E-state index in [1.165, 1.54) is 39.1 Å². The third-order valence-electron chi connectivity index (χ3n) is 5.89. The first-order chi connectivity index (χ1) is 10.5. The summed E-state index contributed by atoms with van der Waals surface area (Å²) < 4.78 is 0. The van der Waals surface area contributed by atoms with Crippen LogP contribution in [0.5, 0.6) is 0 Å². The van der Waals surface area contributed by atoms with Gasteiger partial charge in [-0.2, -0.15) is 0 Å². The number of aliphatic hydroxyl groups is 1. The fraction of sp³-hybridized carbons (Fsp3) is 1.00. The molecule has 1 N–H and O–H groups in total. The van der Waals surface area contributed by atoms with Crippen molar-refractivity contribution in [3.8, 4) is 0 Å². The lowest BCUT2D eigenvalue weighted by Crippen LogP contribution is -2.61. The summed E-state index contributed by atoms with van der Waals surface area (Å²) in [5.41, 5.74) is 0. The number of nitrogens with zero attached hydrogens (tertiary/aromatic N) is 4. The van der Waals surface area contributed by atoms with Gasteiger partial charge in [-0.3, -0.25) is 4.90 Å². The van der Waals surface area contributed by atoms with Gasteiger partial charge >= 0.3 is 0 Å². The van der Waals surface area contributed by atoms with Crippen LogP contribution < -0.4 is 0 Å². The van der Waals surface area contributed by atoms with Gasteiger partial charge in [-0.25, -0.2) is 0 Å². The van der Waals surface area contributed by atoms with Gasteiger partial charge < -0.3 is 19.8 Å². The van der Waals surface area contributed by atoms with Crippen molar-refractivity contribution in [3.05, 3.63) is 0 Å². The molecule has 0 radical (unpaired) electrons. The molecular weight excluding hydrogens is 276 g/mol. The Labute approximate surface area is 135 Å². The van der Waals surface area contributed by atoms with Gasteiger partial charge in [0, 0.05) is 57.8 Å². The zero-order chi connectivity index (χ0) is 15.7. The van der Waals surface area contributed by atoms with Crippen molar-refractivity contribution in [2.24, 2.45) is 11.8 Å². The lowest BCUT2D eigenvalue weighted by molar-refractivity contribution is -0.0345. The number of rotatable bonds is 5. The normalized spacial score (nSPS) is 36.1. The molecule has 3 fully saturated rings. The summed E-state index contributed by atoms with van der Waals surface area (Å²) in [5.74, 6) is 1.23. The number of hydrogen-bond donors (Lipinski definition) is 1. The second kappa shape index (κ2) is 7.14. The molecule has 5 heteroatoms. The highest BCUT2D eigenvalue weighted by Gasteiger charge is 2.36. The Balaban J connectivity index is 1.45. The van der Waals surface area contributed by atoms with Gasteiger partial charge in [-0.05, 0) is 46.4 Å². The molecule has 0 aliphatic carbocycles. The molecule has 0 amide bonds. The molecule has 0 bridgehead atoms. The van der Waals surface area contributed by atoms with E-state index in [9.17, 15) is 5.11 Å². The number of likely N-dealkylation sites (N-methyl/N-ethyl adjacent to an activating group) is 1. The molecule has 3 unspecified atom stereocenters. The molecule has 3 aliphatic rings. The highest BCUT2D eigenvalue weighted by Crippen LogP contribution is 2.24. The van der Waals surface area contributed by atoms with Gasteiger partial charge in [0.15, 0.2) is 0 Å². The van der Waals surface area contributed by atoms with Gasteiger partial charge in [0.05, 0.1) is 6.10 Å². The summed E-state index contributed by atoms with van der Waals surface area (Å²) >= 11 is 0. The lowest BCUT2D eigenvalue weighted by Gasteiger charge is -2.48. The highest BCUT2D eigenvalue weighted by atomic mass is 16.3. The van der Waals surface area contributed by atoms with Crippen molar-refractivity contribution in [1.82, 2.24) is 19.6 Å². The molecule has 3 saturated heterocycles. The Morgan fingerprint density at radius 1 is 0.955 bits per heavy atom. The Morgan fingerprint density at radius 3 is 2.36 bits per heavy atom. The van der Waals surface area contributed by atoms with Crippen LogP contribution in [0, 0.1) is 11.8 Å². The van der Waals surface area contributed by atoms with E-state index in [4.69, 9.17) is 0 Å². The smallest absolute Gasteiger partial charge is 0.0605 e. The molecule has 3 aliphatic heterocycles. The van der Waals surface area contributed by atoms with E-state index in [0.29, 0.717) is 5.92 Å². The van der Waals surface area contributed by atoms with Gasteiger partial charge in [0.2, 0.25) is 0 Å². The maximum atomic E-state index is 10.4. The topological polar surface area (TPSA) is 33.2 Å². The monoisotopic (exact) mass is 310 g/mol. The van der Waals surface area contributed by atoms with Crippen LogP contribution in [0.15, 0.2) is 0 Å². The summed E-state index contributed by atoms with van der Waals surface area (Å²) in [4.78, 5) is 9.90. The molecule has 0 aromatic heterocycles. The summed E-state index contributed by atoms with van der Waals surface area (Å²) in [6.07, 6.45) is 2.17. The second-order valence-electron chi connectivity index (χ2n) is 8.12. The molecule has 0 aromatic rings. The van der Waals surface area contributed by atoms with Crippen LogP contribution in [0.2, 0.25) is 0 Å². The maximum Gasteiger partial charge on any atom is 0.0605 e. The van der Waals surface area contributed by atoms with Gasteiger partial charge in [0.1, 0.15) is 0 Å². The lowest BCUT2D eigenvalue weighted by atomic mass is 9.91. The minimum absolute atomic E-state index is 0.109. The Bertz CT molecular complexity index is 361. The fourth-order valence-electron chi connectivity index (χ4n) is 4.55. The van der Waals surface area contributed by atoms with Crippen LogP contribution in [-0.2, 0) is 0 Å². The minimum atomic E-state index is -0.109. The minimum Gasteiger partial charge on any atom is -0.393 e. The van der Waals surface area contributed by atoms with Crippen LogP contribution in [0.1, 0.15) is 12.8 Å². The van der Waals surface area contributed by atoms with Gasteiger partial charge in [0.25, 0.3) is 0 Å². The van der Waals surface area contributed by atoms with Crippen LogP contribution in [0.3, 0.4) is 0 Å². The quantitative estimate of drug-likeness (QED) is 0.765. The van der Waals surface area contributed by atoms with Crippen molar-refractivity contribution in [3.63, 3.8) is 0 Å². The molecule has 22 heavy (non-hydrogen) atoms. The molecular formula is C17H34N4O. The van der Waals surface area contributed by atoms with Crippen LogP contribution in [0.25, 0.3) is 0 Å². The van der Waals surface area contributed by atoms with Crippen LogP contribution in [0.4, 0.5) is 0 Å². The van der Waals surface area contributed by atoms with E-state index >= 15 is 0 Å². The highest BCUT2D eigenvalue weighted by molar-refractivity contribution is 4.91. The van der Waals surface area contributed by atoms with Crippen molar-refractivity contribution >= 4 is 0 Å². The molecule has 3 heterocycles. The standard InChI is InChI=1S/C17H34N4O/c1-18-6-4-14(8-18)9-19(2)10-15-11-21(7-5-17(15)22)16-12-20(3)13-16/h14-17,22H,4-13H2,1-3H3. The number of likely N-dealkylation sites (tertiary alicyclic amines) is 3. The largest absolute Gasteiger partial charge is 0.393 e. The maximum absolute atomic E-state index is 10.4. The molecule has 0 spiro atoms. The fourth-order valence-corrected chi connectivity index (χ4v) is 4.55. The van der Waals surface area contributed by atoms with Crippen molar-refractivity contribution in [2.45, 2.75) is 25.0 Å². The van der Waals surface area contributed by atoms with E-state index in [2.05, 4.69) is 40.7 Å². The predicted molar refractivity (Wildman–Crippen MR) is 90.1 cm³/mol. The predicted octanol–water partition coefficient (Wildman–Crippen LogP) is -0.133. The number of aliphatic hydroxyl groups excluding tert-OH is 1. The first kappa shape index (κ1) is 16.7. The number of hydrogen-bond acceptors (Lipinski definition) is 5. The third-order valence-corrected chi connectivity index (χ3v) is 5.89. The Kier molecular flexibility index (Phi) is 5.40. The van der Waals surface area contributed by atoms with E-state index in [1.807, 2.05) is 0 Å². The van der Waals surface area contributed by atoms with Crippen LogP contribution in [-0.4, -0.2) is 110 Å². The first-order valence-electron chi connectivity index (χ1n) is 8.99. The summed E-state index contributed by atoms with van der Waals surface area (Å²) in [7, 11) is 6.65. The molecule has 0 saturated carbocycles. The number of piperidine rings is 1. The van der Waals surface area contributed by atoms with E-state index < -0.39 is 0 Å². The first-order valence-corrected chi connectivity index (χ1v) is 8.99. The third kappa shape index (κ3) is 4.01. The SMILES string of the molecule is CN1CCC(CN(C)CC2CN(C3CN(C)C3)CCC2O)C1. The molecule has 3 atom stereocenters. The van der Waals surface area contributed by atoms with Crippen molar-refractivity contribution in [2.75, 3.05) is 73.5 Å². The summed E-state index contributed by atoms with van der Waals surface area (Å²) in [6.45, 7) is 9.26. The average molecular weight is 310 g/mol. The molecule has 128 valence electrons. The van der Waals surface area contributed by atoms with Gasteiger partial charge in [-0.1, -0.05) is 0 Å². The van der Waals surface area contributed by atoms with Crippen molar-refractivity contribution in [1.29, 1.82) is 0 Å². The Hall–Kier alpha value is -0.200. The average Bonchev–Trinajstić information content (AvgIpc) is 2.83. The Morgan fingerprint density at radius 2 is 1.73 bits per heavy atom. The van der Waals surface area contributed by atoms with E-state index in [1.54, 1.807) is 0 Å². The molecule has 3 rings (SSSR count). The molecule has 5 nitrogen and oxygen atoms in total. The van der Waals surface area contributed by atoms with E-state index in [0.717, 1.165) is 38.0 Å². The zero-order valence-corrected chi connectivity index (χ0v) is 14.6. The van der Waals surface area contributed by atoms with Crippen molar-refractivity contribution < 1.29 is 5.11 Å². The van der Waals surface area contributed by atoms with Crippen LogP contribution >= 0.6 is 0 Å². The summed E-state index contributed by atoms with van der Waals surface area (Å²) in [5, 5.41) is 10.4.